The summed E-state index contributed by atoms with van der Waals surface area (Å²) in [7, 11) is 2.11. The molecule has 0 spiro atoms. The van der Waals surface area contributed by atoms with Crippen molar-refractivity contribution in [2.24, 2.45) is 0 Å². The number of carbonyl (C=O) groups is 1. The molecule has 3 rings (SSSR count). The number of aromatic nitrogens is 2. The third-order valence-corrected chi connectivity index (χ3v) is 5.19. The van der Waals surface area contributed by atoms with E-state index in [1.54, 1.807) is 6.20 Å². The van der Waals surface area contributed by atoms with Crippen LogP contribution in [-0.4, -0.2) is 59.8 Å². The summed E-state index contributed by atoms with van der Waals surface area (Å²) in [5.41, 5.74) is 0. The number of hydrogen-bond donors (Lipinski definition) is 1. The summed E-state index contributed by atoms with van der Waals surface area (Å²) < 4.78 is 0. The lowest BCUT2D eigenvalue weighted by molar-refractivity contribution is -0.122. The van der Waals surface area contributed by atoms with Gasteiger partial charge in [0, 0.05) is 44.3 Å². The number of hydrogen-bond acceptors (Lipinski definition) is 5. The lowest BCUT2D eigenvalue weighted by Gasteiger charge is -2.29. The van der Waals surface area contributed by atoms with Crippen molar-refractivity contribution in [1.82, 2.24) is 20.4 Å². The van der Waals surface area contributed by atoms with Crippen LogP contribution < -0.4 is 10.2 Å². The van der Waals surface area contributed by atoms with E-state index in [4.69, 9.17) is 0 Å². The average molecular weight is 331 g/mol. The standard InChI is InChI=1S/C18H29N5O/c1-22(13-10-18(24)20-15-6-2-3-7-15)14-16-8-5-12-23(16)17-9-4-11-19-21-17/h4,9,11,15-16H,2-3,5-8,10,12-14H2,1H3,(H,20,24)/t16-/m1/s1. The van der Waals surface area contributed by atoms with Crippen molar-refractivity contribution in [3.8, 4) is 0 Å². The number of rotatable bonds is 7. The van der Waals surface area contributed by atoms with E-state index in [2.05, 4.69) is 32.4 Å². The van der Waals surface area contributed by atoms with Gasteiger partial charge in [-0.1, -0.05) is 12.8 Å². The molecule has 2 fully saturated rings. The number of amides is 1. The van der Waals surface area contributed by atoms with Crippen molar-refractivity contribution in [3.63, 3.8) is 0 Å². The minimum Gasteiger partial charge on any atom is -0.353 e. The SMILES string of the molecule is CN(CCC(=O)NC1CCCC1)C[C@H]1CCCN1c1cccnn1. The predicted octanol–water partition coefficient (Wildman–Crippen LogP) is 1.83. The normalized spacial score (nSPS) is 21.6. The lowest BCUT2D eigenvalue weighted by atomic mass is 10.2. The van der Waals surface area contributed by atoms with E-state index in [9.17, 15) is 4.79 Å². The minimum atomic E-state index is 0.200. The molecule has 0 radical (unpaired) electrons. The summed E-state index contributed by atoms with van der Waals surface area (Å²) in [5.74, 6) is 1.17. The Labute approximate surface area is 144 Å². The van der Waals surface area contributed by atoms with Crippen LogP contribution in [0.25, 0.3) is 0 Å². The molecule has 0 bridgehead atoms. The number of carbonyl (C=O) groups excluding carboxylic acids is 1. The Morgan fingerprint density at radius 2 is 2.17 bits per heavy atom. The van der Waals surface area contributed by atoms with Crippen molar-refractivity contribution in [2.75, 3.05) is 31.6 Å². The molecule has 2 aliphatic rings. The minimum absolute atomic E-state index is 0.200. The van der Waals surface area contributed by atoms with E-state index in [0.29, 0.717) is 18.5 Å². The largest absolute Gasteiger partial charge is 0.353 e. The van der Waals surface area contributed by atoms with E-state index in [0.717, 1.165) is 38.3 Å². The van der Waals surface area contributed by atoms with Crippen molar-refractivity contribution in [1.29, 1.82) is 0 Å². The van der Waals surface area contributed by atoms with Crippen LogP contribution >= 0.6 is 0 Å². The molecule has 1 aromatic rings. The van der Waals surface area contributed by atoms with Gasteiger partial charge in [0.05, 0.1) is 0 Å². The summed E-state index contributed by atoms with van der Waals surface area (Å²) in [6.45, 7) is 2.82. The van der Waals surface area contributed by atoms with Crippen LogP contribution in [0.3, 0.4) is 0 Å². The van der Waals surface area contributed by atoms with Gasteiger partial charge < -0.3 is 15.1 Å². The van der Waals surface area contributed by atoms with Gasteiger partial charge in [-0.25, -0.2) is 0 Å². The fourth-order valence-electron chi connectivity index (χ4n) is 3.89. The number of nitrogens with one attached hydrogen (secondary N) is 1. The molecule has 6 heteroatoms. The fourth-order valence-corrected chi connectivity index (χ4v) is 3.89. The fraction of sp³-hybridized carbons (Fsp3) is 0.722. The summed E-state index contributed by atoms with van der Waals surface area (Å²) in [6.07, 6.45) is 9.48. The Balaban J connectivity index is 1.42. The smallest absolute Gasteiger partial charge is 0.221 e. The molecular weight excluding hydrogens is 302 g/mol. The molecule has 132 valence electrons. The summed E-state index contributed by atoms with van der Waals surface area (Å²) in [4.78, 5) is 16.7. The zero-order valence-corrected chi connectivity index (χ0v) is 14.7. The molecule has 1 aromatic heterocycles. The lowest BCUT2D eigenvalue weighted by Crippen LogP contribution is -2.41. The first kappa shape index (κ1) is 17.1. The van der Waals surface area contributed by atoms with E-state index in [-0.39, 0.29) is 5.91 Å². The highest BCUT2D eigenvalue weighted by Gasteiger charge is 2.27. The molecule has 1 saturated carbocycles. The van der Waals surface area contributed by atoms with Gasteiger partial charge in [0.2, 0.25) is 5.91 Å². The van der Waals surface area contributed by atoms with Gasteiger partial charge in [-0.05, 0) is 44.9 Å². The van der Waals surface area contributed by atoms with Gasteiger partial charge in [-0.3, -0.25) is 4.79 Å². The molecule has 1 aliphatic heterocycles. The van der Waals surface area contributed by atoms with Gasteiger partial charge in [0.25, 0.3) is 0 Å². The third-order valence-electron chi connectivity index (χ3n) is 5.19. The van der Waals surface area contributed by atoms with Crippen molar-refractivity contribution in [2.45, 2.75) is 57.0 Å². The topological polar surface area (TPSA) is 61.4 Å². The van der Waals surface area contributed by atoms with E-state index in [1.807, 2.05) is 12.1 Å². The summed E-state index contributed by atoms with van der Waals surface area (Å²) in [6, 6.07) is 4.85. The second-order valence-electron chi connectivity index (χ2n) is 7.13. The number of likely N-dealkylation sites (N-methyl/N-ethyl adjacent to an activating group) is 1. The summed E-state index contributed by atoms with van der Waals surface area (Å²) >= 11 is 0. The highest BCUT2D eigenvalue weighted by molar-refractivity contribution is 5.76. The molecule has 6 nitrogen and oxygen atoms in total. The van der Waals surface area contributed by atoms with Gasteiger partial charge in [-0.2, -0.15) is 5.10 Å². The van der Waals surface area contributed by atoms with Crippen LogP contribution in [0.1, 0.15) is 44.9 Å². The van der Waals surface area contributed by atoms with Crippen molar-refractivity contribution in [3.05, 3.63) is 18.3 Å². The molecule has 24 heavy (non-hydrogen) atoms. The van der Waals surface area contributed by atoms with Crippen LogP contribution in [0.5, 0.6) is 0 Å². The Morgan fingerprint density at radius 3 is 2.92 bits per heavy atom. The zero-order valence-electron chi connectivity index (χ0n) is 14.7. The monoisotopic (exact) mass is 331 g/mol. The average Bonchev–Trinajstić information content (AvgIpc) is 3.26. The first-order chi connectivity index (χ1) is 11.7. The van der Waals surface area contributed by atoms with Crippen LogP contribution in [0, 0.1) is 0 Å². The first-order valence-corrected chi connectivity index (χ1v) is 9.24. The van der Waals surface area contributed by atoms with E-state index < -0.39 is 0 Å². The molecule has 1 N–H and O–H groups in total. The first-order valence-electron chi connectivity index (χ1n) is 9.24. The van der Waals surface area contributed by atoms with Crippen molar-refractivity contribution >= 4 is 11.7 Å². The molecule has 1 amide bonds. The van der Waals surface area contributed by atoms with Crippen LogP contribution in [-0.2, 0) is 4.79 Å². The maximum Gasteiger partial charge on any atom is 0.221 e. The maximum atomic E-state index is 12.1. The Kier molecular flexibility index (Phi) is 6.01. The molecule has 1 atom stereocenters. The molecule has 1 saturated heterocycles. The highest BCUT2D eigenvalue weighted by Crippen LogP contribution is 2.23. The third kappa shape index (κ3) is 4.66. The maximum absolute atomic E-state index is 12.1. The van der Waals surface area contributed by atoms with E-state index in [1.165, 1.54) is 25.7 Å². The number of anilines is 1. The second-order valence-corrected chi connectivity index (χ2v) is 7.13. The van der Waals surface area contributed by atoms with Gasteiger partial charge >= 0.3 is 0 Å². The quantitative estimate of drug-likeness (QED) is 0.826. The highest BCUT2D eigenvalue weighted by atomic mass is 16.1. The van der Waals surface area contributed by atoms with Crippen LogP contribution in [0.2, 0.25) is 0 Å². The molecular formula is C18H29N5O. The van der Waals surface area contributed by atoms with Gasteiger partial charge in [-0.15, -0.1) is 5.10 Å². The molecule has 1 aliphatic carbocycles. The Bertz CT molecular complexity index is 517. The molecule has 0 aromatic carbocycles. The zero-order chi connectivity index (χ0) is 16.8. The predicted molar refractivity (Wildman–Crippen MR) is 94.9 cm³/mol. The van der Waals surface area contributed by atoms with E-state index >= 15 is 0 Å². The Hall–Kier alpha value is -1.69. The number of nitrogens with zero attached hydrogens (tertiary/aromatic N) is 4. The molecule has 0 unspecified atom stereocenters. The van der Waals surface area contributed by atoms with Gasteiger partial charge in [0.15, 0.2) is 5.82 Å². The second kappa shape index (κ2) is 8.42. The van der Waals surface area contributed by atoms with Crippen LogP contribution in [0.4, 0.5) is 5.82 Å². The van der Waals surface area contributed by atoms with Gasteiger partial charge in [0.1, 0.15) is 0 Å². The summed E-state index contributed by atoms with van der Waals surface area (Å²) in [5, 5.41) is 11.4. The molecule has 2 heterocycles. The Morgan fingerprint density at radius 1 is 1.33 bits per heavy atom. The van der Waals surface area contributed by atoms with Crippen molar-refractivity contribution < 1.29 is 4.79 Å². The van der Waals surface area contributed by atoms with Crippen LogP contribution in [0.15, 0.2) is 18.3 Å².